The summed E-state index contributed by atoms with van der Waals surface area (Å²) in [5.74, 6) is -0.577. The molecule has 8 heteroatoms. The van der Waals surface area contributed by atoms with Crippen LogP contribution in [-0.4, -0.2) is 15.3 Å². The van der Waals surface area contributed by atoms with Crippen molar-refractivity contribution in [3.05, 3.63) is 86.2 Å². The molecule has 0 saturated heterocycles. The maximum atomic E-state index is 13.0. The number of carbonyl (C=O) groups is 1. The number of hydrogen-bond acceptors (Lipinski definition) is 4. The van der Waals surface area contributed by atoms with Gasteiger partial charge >= 0.3 is 0 Å². The Morgan fingerprint density at radius 2 is 1.86 bits per heavy atom. The fraction of sp³-hybridized carbons (Fsp3) is 0.0952. The smallest absolute Gasteiger partial charge is 0.295 e. The standard InChI is InChI=1S/C21H17BrN4O3/c1-12-18(21(28)26(25(12)2)15-6-4-3-5-7-15)24-20(27)16-11-13-10-14(22)8-9-17(13)29-19(16)23/h3-11,23H,1-2H3,(H,24,27). The van der Waals surface area contributed by atoms with Crippen LogP contribution in [0.25, 0.3) is 16.7 Å². The van der Waals surface area contributed by atoms with E-state index in [1.807, 2.05) is 30.3 Å². The zero-order valence-corrected chi connectivity index (χ0v) is 17.3. The summed E-state index contributed by atoms with van der Waals surface area (Å²) in [5.41, 5.74) is 1.37. The van der Waals surface area contributed by atoms with E-state index in [1.165, 1.54) is 4.68 Å². The molecule has 29 heavy (non-hydrogen) atoms. The first-order valence-electron chi connectivity index (χ1n) is 8.80. The number of aromatic nitrogens is 2. The number of para-hydroxylation sites is 1. The van der Waals surface area contributed by atoms with Gasteiger partial charge in [-0.15, -0.1) is 0 Å². The number of anilines is 1. The van der Waals surface area contributed by atoms with E-state index in [9.17, 15) is 9.59 Å². The van der Waals surface area contributed by atoms with Crippen molar-refractivity contribution in [3.8, 4) is 5.69 Å². The van der Waals surface area contributed by atoms with Gasteiger partial charge in [-0.1, -0.05) is 34.1 Å². The number of amides is 1. The summed E-state index contributed by atoms with van der Waals surface area (Å²) in [7, 11) is 1.75. The summed E-state index contributed by atoms with van der Waals surface area (Å²) in [5, 5.41) is 11.4. The van der Waals surface area contributed by atoms with Crippen molar-refractivity contribution < 1.29 is 9.21 Å². The Labute approximate surface area is 173 Å². The minimum atomic E-state index is -0.577. The number of nitrogens with zero attached hydrogens (tertiary/aromatic N) is 2. The van der Waals surface area contributed by atoms with Crippen LogP contribution in [0.4, 0.5) is 5.69 Å². The molecular formula is C21H17BrN4O3. The highest BCUT2D eigenvalue weighted by Crippen LogP contribution is 2.20. The van der Waals surface area contributed by atoms with Crippen LogP contribution in [-0.2, 0) is 7.05 Å². The van der Waals surface area contributed by atoms with E-state index in [-0.39, 0.29) is 22.4 Å². The van der Waals surface area contributed by atoms with Gasteiger partial charge in [0.25, 0.3) is 11.5 Å². The molecule has 2 aromatic heterocycles. The van der Waals surface area contributed by atoms with E-state index in [2.05, 4.69) is 21.2 Å². The first-order chi connectivity index (χ1) is 13.9. The summed E-state index contributed by atoms with van der Waals surface area (Å²) in [6.45, 7) is 1.75. The van der Waals surface area contributed by atoms with E-state index < -0.39 is 5.91 Å². The molecule has 0 aliphatic heterocycles. The molecule has 4 rings (SSSR count). The molecule has 4 aromatic rings. The molecular weight excluding hydrogens is 436 g/mol. The van der Waals surface area contributed by atoms with Crippen molar-refractivity contribution in [2.45, 2.75) is 6.92 Å². The molecule has 2 aromatic carbocycles. The summed E-state index contributed by atoms with van der Waals surface area (Å²) in [6, 6.07) is 16.1. The second-order valence-electron chi connectivity index (χ2n) is 6.56. The molecule has 2 heterocycles. The molecule has 0 aliphatic rings. The van der Waals surface area contributed by atoms with Gasteiger partial charge in [0.2, 0.25) is 5.55 Å². The normalized spacial score (nSPS) is 11.0. The predicted octanol–water partition coefficient (Wildman–Crippen LogP) is 3.72. The molecule has 0 unspecified atom stereocenters. The lowest BCUT2D eigenvalue weighted by molar-refractivity contribution is 0.102. The molecule has 0 radical (unpaired) electrons. The molecule has 0 saturated carbocycles. The van der Waals surface area contributed by atoms with Crippen molar-refractivity contribution in [1.82, 2.24) is 9.36 Å². The van der Waals surface area contributed by atoms with E-state index in [0.29, 0.717) is 22.4 Å². The summed E-state index contributed by atoms with van der Waals surface area (Å²) >= 11 is 3.38. The summed E-state index contributed by atoms with van der Waals surface area (Å²) in [6.07, 6.45) is 0. The van der Waals surface area contributed by atoms with E-state index in [1.54, 1.807) is 42.9 Å². The third kappa shape index (κ3) is 3.31. The SMILES string of the molecule is Cc1c(NC(=O)c2cc3cc(Br)ccc3oc2=N)c(=O)n(-c2ccccc2)n1C. The molecule has 0 spiro atoms. The Morgan fingerprint density at radius 3 is 2.59 bits per heavy atom. The molecule has 7 nitrogen and oxygen atoms in total. The van der Waals surface area contributed by atoms with Crippen molar-refractivity contribution in [2.24, 2.45) is 7.05 Å². The Kier molecular flexibility index (Phi) is 4.71. The molecule has 2 N–H and O–H groups in total. The summed E-state index contributed by atoms with van der Waals surface area (Å²) < 4.78 is 9.45. The monoisotopic (exact) mass is 452 g/mol. The van der Waals surface area contributed by atoms with Gasteiger partial charge in [0.05, 0.1) is 11.4 Å². The number of halogens is 1. The number of carbonyl (C=O) groups excluding carboxylic acids is 1. The second kappa shape index (κ2) is 7.21. The van der Waals surface area contributed by atoms with Gasteiger partial charge < -0.3 is 9.73 Å². The number of nitrogens with one attached hydrogen (secondary N) is 2. The zero-order chi connectivity index (χ0) is 20.7. The van der Waals surface area contributed by atoms with Gasteiger partial charge in [0, 0.05) is 16.9 Å². The summed E-state index contributed by atoms with van der Waals surface area (Å²) in [4.78, 5) is 25.8. The van der Waals surface area contributed by atoms with Crippen LogP contribution in [0.1, 0.15) is 16.1 Å². The Balaban J connectivity index is 1.77. The van der Waals surface area contributed by atoms with Gasteiger partial charge in [-0.3, -0.25) is 19.7 Å². The van der Waals surface area contributed by atoms with Gasteiger partial charge in [0.1, 0.15) is 16.8 Å². The maximum Gasteiger partial charge on any atom is 0.295 e. The van der Waals surface area contributed by atoms with Crippen LogP contribution in [0.2, 0.25) is 0 Å². The number of hydrogen-bond donors (Lipinski definition) is 2. The quantitative estimate of drug-likeness (QED) is 0.495. The van der Waals surface area contributed by atoms with Gasteiger partial charge in [-0.25, -0.2) is 4.68 Å². The molecule has 0 bridgehead atoms. The third-order valence-corrected chi connectivity index (χ3v) is 5.26. The highest BCUT2D eigenvalue weighted by molar-refractivity contribution is 9.10. The van der Waals surface area contributed by atoms with Crippen LogP contribution < -0.4 is 16.4 Å². The highest BCUT2D eigenvalue weighted by Gasteiger charge is 2.20. The minimum Gasteiger partial charge on any atom is -0.438 e. The van der Waals surface area contributed by atoms with Gasteiger partial charge in [-0.05, 0) is 43.3 Å². The fourth-order valence-corrected chi connectivity index (χ4v) is 3.55. The second-order valence-corrected chi connectivity index (χ2v) is 7.48. The minimum absolute atomic E-state index is 0.0458. The first-order valence-corrected chi connectivity index (χ1v) is 9.59. The Hall–Kier alpha value is -3.39. The molecule has 0 aliphatic carbocycles. The van der Waals surface area contributed by atoms with Crippen LogP contribution in [0.3, 0.4) is 0 Å². The van der Waals surface area contributed by atoms with Crippen LogP contribution in [0.15, 0.2) is 68.3 Å². The average molecular weight is 453 g/mol. The van der Waals surface area contributed by atoms with E-state index >= 15 is 0 Å². The van der Waals surface area contributed by atoms with E-state index in [4.69, 9.17) is 9.83 Å². The number of benzene rings is 2. The number of rotatable bonds is 3. The Morgan fingerprint density at radius 1 is 1.14 bits per heavy atom. The zero-order valence-electron chi connectivity index (χ0n) is 15.7. The first kappa shape index (κ1) is 18.9. The van der Waals surface area contributed by atoms with E-state index in [0.717, 1.165) is 4.47 Å². The largest absolute Gasteiger partial charge is 0.438 e. The molecule has 0 atom stereocenters. The van der Waals surface area contributed by atoms with Crippen molar-refractivity contribution in [1.29, 1.82) is 5.41 Å². The van der Waals surface area contributed by atoms with Crippen molar-refractivity contribution >= 4 is 38.5 Å². The lowest BCUT2D eigenvalue weighted by Crippen LogP contribution is -2.25. The van der Waals surface area contributed by atoms with Crippen LogP contribution in [0.5, 0.6) is 0 Å². The highest BCUT2D eigenvalue weighted by atomic mass is 79.9. The van der Waals surface area contributed by atoms with Crippen molar-refractivity contribution in [2.75, 3.05) is 5.32 Å². The third-order valence-electron chi connectivity index (χ3n) is 4.77. The topological polar surface area (TPSA) is 93.0 Å². The van der Waals surface area contributed by atoms with Crippen molar-refractivity contribution in [3.63, 3.8) is 0 Å². The lowest BCUT2D eigenvalue weighted by atomic mass is 10.1. The average Bonchev–Trinajstić information content (AvgIpc) is 2.91. The van der Waals surface area contributed by atoms with Gasteiger partial charge in [-0.2, -0.15) is 0 Å². The number of fused-ring (bicyclic) bond motifs is 1. The maximum absolute atomic E-state index is 13.0. The molecule has 0 fully saturated rings. The van der Waals surface area contributed by atoms with Gasteiger partial charge in [0.15, 0.2) is 0 Å². The van der Waals surface area contributed by atoms with Crippen LogP contribution >= 0.6 is 15.9 Å². The van der Waals surface area contributed by atoms with Crippen LogP contribution in [0, 0.1) is 12.3 Å². The molecule has 146 valence electrons. The lowest BCUT2D eigenvalue weighted by Gasteiger charge is -2.07. The molecule has 1 amide bonds. The Bertz CT molecular complexity index is 1370. The fourth-order valence-electron chi connectivity index (χ4n) is 3.17. The predicted molar refractivity (Wildman–Crippen MR) is 113 cm³/mol.